The van der Waals surface area contributed by atoms with Crippen LogP contribution in [0.25, 0.3) is 0 Å². The van der Waals surface area contributed by atoms with Crippen molar-refractivity contribution in [2.24, 2.45) is 0 Å². The van der Waals surface area contributed by atoms with Crippen LogP contribution in [0, 0.1) is 0 Å². The Morgan fingerprint density at radius 2 is 2.13 bits per heavy atom. The van der Waals surface area contributed by atoms with Crippen molar-refractivity contribution in [1.29, 1.82) is 0 Å². The minimum atomic E-state index is -1.11. The number of fused-ring (bicyclic) bond motifs is 1. The van der Waals surface area contributed by atoms with Gasteiger partial charge in [0.15, 0.2) is 11.5 Å². The van der Waals surface area contributed by atoms with Crippen molar-refractivity contribution in [3.05, 3.63) is 42.4 Å². The third-order valence-electron chi connectivity index (χ3n) is 3.40. The summed E-state index contributed by atoms with van der Waals surface area (Å²) in [6, 6.07) is 8.25. The summed E-state index contributed by atoms with van der Waals surface area (Å²) in [5.41, 5.74) is -0.526. The molecule has 2 amide bonds. The molecule has 1 atom stereocenters. The lowest BCUT2D eigenvalue weighted by Crippen LogP contribution is -2.43. The van der Waals surface area contributed by atoms with Crippen LogP contribution in [-0.2, 0) is 6.42 Å². The van der Waals surface area contributed by atoms with Crippen LogP contribution in [-0.4, -0.2) is 30.1 Å². The third-order valence-corrected chi connectivity index (χ3v) is 3.40. The number of hydrogen-bond acceptors (Lipinski definition) is 5. The second-order valence-electron chi connectivity index (χ2n) is 5.63. The summed E-state index contributed by atoms with van der Waals surface area (Å²) in [5.74, 6) is 1.90. The Bertz CT molecular complexity index is 682. The number of furan rings is 1. The number of aliphatic hydroxyl groups is 1. The van der Waals surface area contributed by atoms with Gasteiger partial charge < -0.3 is 29.6 Å². The van der Waals surface area contributed by atoms with Crippen molar-refractivity contribution in [1.82, 2.24) is 5.32 Å². The van der Waals surface area contributed by atoms with Crippen LogP contribution in [0.3, 0.4) is 0 Å². The molecule has 122 valence electrons. The Morgan fingerprint density at radius 3 is 2.91 bits per heavy atom. The number of rotatable bonds is 5. The lowest BCUT2D eigenvalue weighted by Gasteiger charge is -2.22. The number of ether oxygens (including phenoxy) is 2. The van der Waals surface area contributed by atoms with E-state index in [-0.39, 0.29) is 13.3 Å². The lowest BCUT2D eigenvalue weighted by molar-refractivity contribution is 0.0577. The summed E-state index contributed by atoms with van der Waals surface area (Å²) in [5, 5.41) is 15.6. The number of anilines is 1. The SMILES string of the molecule is C[C@](O)(CNC(=O)Nc1ccc2c(c1)OCO2)Cc1ccco1. The molecule has 1 aromatic heterocycles. The molecule has 0 saturated carbocycles. The predicted molar refractivity (Wildman–Crippen MR) is 82.6 cm³/mol. The van der Waals surface area contributed by atoms with E-state index in [1.54, 1.807) is 43.5 Å². The third kappa shape index (κ3) is 3.95. The molecule has 2 heterocycles. The predicted octanol–water partition coefficient (Wildman–Crippen LogP) is 2.12. The van der Waals surface area contributed by atoms with Gasteiger partial charge in [-0.1, -0.05) is 0 Å². The maximum atomic E-state index is 11.9. The van der Waals surface area contributed by atoms with Gasteiger partial charge in [0, 0.05) is 24.7 Å². The van der Waals surface area contributed by atoms with Crippen molar-refractivity contribution in [2.75, 3.05) is 18.7 Å². The molecule has 23 heavy (non-hydrogen) atoms. The van der Waals surface area contributed by atoms with E-state index in [4.69, 9.17) is 13.9 Å². The smallest absolute Gasteiger partial charge is 0.319 e. The topological polar surface area (TPSA) is 93.0 Å². The molecule has 7 heteroatoms. The van der Waals surface area contributed by atoms with E-state index in [0.29, 0.717) is 29.4 Å². The van der Waals surface area contributed by atoms with Gasteiger partial charge in [-0.2, -0.15) is 0 Å². The largest absolute Gasteiger partial charge is 0.469 e. The number of amides is 2. The van der Waals surface area contributed by atoms with Crippen LogP contribution in [0.5, 0.6) is 11.5 Å². The van der Waals surface area contributed by atoms with Crippen LogP contribution in [0.1, 0.15) is 12.7 Å². The highest BCUT2D eigenvalue weighted by molar-refractivity contribution is 5.89. The van der Waals surface area contributed by atoms with Gasteiger partial charge in [0.1, 0.15) is 5.76 Å². The number of nitrogens with one attached hydrogen (secondary N) is 2. The Morgan fingerprint density at radius 1 is 1.30 bits per heavy atom. The average molecular weight is 318 g/mol. The van der Waals surface area contributed by atoms with Crippen molar-refractivity contribution in [3.63, 3.8) is 0 Å². The first kappa shape index (κ1) is 15.2. The highest BCUT2D eigenvalue weighted by Gasteiger charge is 2.23. The van der Waals surface area contributed by atoms with E-state index in [2.05, 4.69) is 10.6 Å². The maximum Gasteiger partial charge on any atom is 0.319 e. The molecule has 0 fully saturated rings. The van der Waals surface area contributed by atoms with Gasteiger partial charge >= 0.3 is 6.03 Å². The fraction of sp³-hybridized carbons (Fsp3) is 0.312. The highest BCUT2D eigenvalue weighted by Crippen LogP contribution is 2.34. The van der Waals surface area contributed by atoms with Crippen LogP contribution in [0.4, 0.5) is 10.5 Å². The Balaban J connectivity index is 1.51. The molecule has 3 rings (SSSR count). The van der Waals surface area contributed by atoms with Crippen LogP contribution >= 0.6 is 0 Å². The minimum absolute atomic E-state index is 0.0874. The molecule has 1 aromatic carbocycles. The molecular weight excluding hydrogens is 300 g/mol. The molecule has 1 aliphatic heterocycles. The molecule has 2 aromatic rings. The van der Waals surface area contributed by atoms with Crippen molar-refractivity contribution >= 4 is 11.7 Å². The molecule has 0 bridgehead atoms. The van der Waals surface area contributed by atoms with E-state index in [0.717, 1.165) is 0 Å². The molecule has 0 saturated heterocycles. The van der Waals surface area contributed by atoms with E-state index in [1.165, 1.54) is 0 Å². The molecular formula is C16H18N2O5. The van der Waals surface area contributed by atoms with Crippen LogP contribution < -0.4 is 20.1 Å². The second-order valence-corrected chi connectivity index (χ2v) is 5.63. The van der Waals surface area contributed by atoms with Gasteiger partial charge in [0.2, 0.25) is 6.79 Å². The fourth-order valence-corrected chi connectivity index (χ4v) is 2.27. The zero-order chi connectivity index (χ0) is 16.3. The Kier molecular flexibility index (Phi) is 4.12. The van der Waals surface area contributed by atoms with Gasteiger partial charge in [-0.25, -0.2) is 4.79 Å². The van der Waals surface area contributed by atoms with Gasteiger partial charge in [-0.15, -0.1) is 0 Å². The Hall–Kier alpha value is -2.67. The van der Waals surface area contributed by atoms with Crippen LogP contribution in [0.2, 0.25) is 0 Å². The zero-order valence-electron chi connectivity index (χ0n) is 12.7. The number of carbonyl (C=O) groups excluding carboxylic acids is 1. The van der Waals surface area contributed by atoms with Crippen molar-refractivity contribution in [2.45, 2.75) is 18.9 Å². The van der Waals surface area contributed by atoms with Gasteiger partial charge in [-0.3, -0.25) is 0 Å². The summed E-state index contributed by atoms with van der Waals surface area (Å²) >= 11 is 0. The van der Waals surface area contributed by atoms with E-state index < -0.39 is 11.6 Å². The number of carbonyl (C=O) groups is 1. The number of urea groups is 1. The summed E-state index contributed by atoms with van der Waals surface area (Å²) in [7, 11) is 0. The van der Waals surface area contributed by atoms with E-state index in [1.807, 2.05) is 0 Å². The first-order chi connectivity index (χ1) is 11.0. The van der Waals surface area contributed by atoms with Crippen molar-refractivity contribution in [3.8, 4) is 11.5 Å². The summed E-state index contributed by atoms with van der Waals surface area (Å²) in [4.78, 5) is 11.9. The number of benzene rings is 1. The molecule has 1 aliphatic rings. The molecule has 0 aliphatic carbocycles. The van der Waals surface area contributed by atoms with E-state index >= 15 is 0 Å². The van der Waals surface area contributed by atoms with Gasteiger partial charge in [0.25, 0.3) is 0 Å². The minimum Gasteiger partial charge on any atom is -0.469 e. The normalized spacial score (nSPS) is 15.0. The first-order valence-corrected chi connectivity index (χ1v) is 7.21. The molecule has 0 radical (unpaired) electrons. The highest BCUT2D eigenvalue weighted by atomic mass is 16.7. The standard InChI is InChI=1S/C16H18N2O5/c1-16(20,8-12-3-2-6-21-12)9-17-15(19)18-11-4-5-13-14(7-11)23-10-22-13/h2-7,20H,8-10H2,1H3,(H2,17,18,19)/t16-/m1/s1. The molecule has 0 unspecified atom stereocenters. The molecule has 0 spiro atoms. The molecule has 3 N–H and O–H groups in total. The molecule has 7 nitrogen and oxygen atoms in total. The summed E-state index contributed by atoms with van der Waals surface area (Å²) in [6.45, 7) is 1.90. The summed E-state index contributed by atoms with van der Waals surface area (Å²) < 4.78 is 15.7. The van der Waals surface area contributed by atoms with Crippen molar-refractivity contribution < 1.29 is 23.8 Å². The lowest BCUT2D eigenvalue weighted by atomic mass is 10.0. The monoisotopic (exact) mass is 318 g/mol. The summed E-state index contributed by atoms with van der Waals surface area (Å²) in [6.07, 6.45) is 1.86. The zero-order valence-corrected chi connectivity index (χ0v) is 12.7. The second kappa shape index (κ2) is 6.21. The van der Waals surface area contributed by atoms with Gasteiger partial charge in [-0.05, 0) is 31.2 Å². The fourth-order valence-electron chi connectivity index (χ4n) is 2.27. The first-order valence-electron chi connectivity index (χ1n) is 7.21. The number of hydrogen-bond donors (Lipinski definition) is 3. The Labute approximate surface area is 133 Å². The average Bonchev–Trinajstić information content (AvgIpc) is 3.15. The maximum absolute atomic E-state index is 11.9. The quantitative estimate of drug-likeness (QED) is 0.785. The van der Waals surface area contributed by atoms with Crippen LogP contribution in [0.15, 0.2) is 41.0 Å². The van der Waals surface area contributed by atoms with Gasteiger partial charge in [0.05, 0.1) is 11.9 Å². The van der Waals surface area contributed by atoms with E-state index in [9.17, 15) is 9.90 Å².